The van der Waals surface area contributed by atoms with E-state index in [4.69, 9.17) is 9.47 Å². The van der Waals surface area contributed by atoms with Crippen molar-refractivity contribution in [1.82, 2.24) is 5.32 Å². The summed E-state index contributed by atoms with van der Waals surface area (Å²) in [4.78, 5) is 23.5. The first-order chi connectivity index (χ1) is 9.97. The van der Waals surface area contributed by atoms with E-state index < -0.39 is 24.0 Å². The number of rotatable bonds is 4. The molecule has 2 unspecified atom stereocenters. The molecule has 1 amide bonds. The van der Waals surface area contributed by atoms with Crippen LogP contribution in [-0.4, -0.2) is 42.9 Å². The average Bonchev–Trinajstić information content (AvgIpc) is 2.44. The number of ether oxygens (including phenoxy) is 2. The highest BCUT2D eigenvalue weighted by molar-refractivity contribution is 5.87. The van der Waals surface area contributed by atoms with Crippen LogP contribution >= 0.6 is 0 Å². The summed E-state index contributed by atoms with van der Waals surface area (Å²) in [6.45, 7) is 4.69. The second kappa shape index (κ2) is 6.69. The lowest BCUT2D eigenvalue weighted by Gasteiger charge is -2.24. The number of carboxylic acid groups (broad SMARTS) is 1. The Morgan fingerprint density at radius 1 is 1.24 bits per heavy atom. The van der Waals surface area contributed by atoms with E-state index in [1.165, 1.54) is 0 Å². The summed E-state index contributed by atoms with van der Waals surface area (Å²) in [6.07, 6.45) is -0.758. The number of nitrogens with one attached hydrogen (secondary N) is 1. The number of carbonyl (C=O) groups is 2. The van der Waals surface area contributed by atoms with Crippen LogP contribution in [0.4, 0.5) is 0 Å². The van der Waals surface area contributed by atoms with Crippen molar-refractivity contribution >= 4 is 11.9 Å². The van der Waals surface area contributed by atoms with Gasteiger partial charge >= 0.3 is 5.97 Å². The van der Waals surface area contributed by atoms with Gasteiger partial charge in [-0.3, -0.25) is 4.79 Å². The maximum Gasteiger partial charge on any atom is 0.330 e. The average molecular weight is 293 g/mol. The van der Waals surface area contributed by atoms with Crippen LogP contribution < -0.4 is 5.32 Å². The predicted molar refractivity (Wildman–Crippen MR) is 75.0 cm³/mol. The Labute approximate surface area is 123 Å². The fourth-order valence-electron chi connectivity index (χ4n) is 2.34. The molecule has 6 heteroatoms. The topological polar surface area (TPSA) is 84.9 Å². The molecule has 1 aromatic rings. The monoisotopic (exact) mass is 293 g/mol. The molecule has 1 aliphatic heterocycles. The van der Waals surface area contributed by atoms with Gasteiger partial charge in [0.15, 0.2) is 12.1 Å². The molecule has 2 N–H and O–H groups in total. The molecular formula is C15H19NO5. The Hall–Kier alpha value is -1.92. The van der Waals surface area contributed by atoms with Gasteiger partial charge in [-0.15, -0.1) is 0 Å². The van der Waals surface area contributed by atoms with Crippen LogP contribution in [0.1, 0.15) is 22.7 Å². The molecule has 2 rings (SSSR count). The summed E-state index contributed by atoms with van der Waals surface area (Å²) in [5.41, 5.74) is 2.44. The lowest BCUT2D eigenvalue weighted by molar-refractivity contribution is -0.152. The van der Waals surface area contributed by atoms with Crippen molar-refractivity contribution in [3.63, 3.8) is 0 Å². The minimum absolute atomic E-state index is 0.144. The largest absolute Gasteiger partial charge is 0.479 e. The molecule has 1 aliphatic rings. The van der Waals surface area contributed by atoms with Gasteiger partial charge in [-0.05, 0) is 19.4 Å². The molecule has 2 atom stereocenters. The van der Waals surface area contributed by atoms with Crippen LogP contribution in [-0.2, 0) is 19.1 Å². The van der Waals surface area contributed by atoms with Gasteiger partial charge in [0.2, 0.25) is 0 Å². The van der Waals surface area contributed by atoms with Crippen molar-refractivity contribution in [1.29, 1.82) is 0 Å². The molecule has 0 bridgehead atoms. The van der Waals surface area contributed by atoms with Crippen molar-refractivity contribution in [3.05, 3.63) is 34.9 Å². The van der Waals surface area contributed by atoms with E-state index in [9.17, 15) is 14.7 Å². The molecule has 0 saturated carbocycles. The van der Waals surface area contributed by atoms with Gasteiger partial charge in [0.25, 0.3) is 5.91 Å². The SMILES string of the molecule is Cc1cc(C)cc(C(NC(=O)C2COCCO2)C(=O)O)c1. The number of carbonyl (C=O) groups excluding carboxylic acids is 1. The zero-order valence-electron chi connectivity index (χ0n) is 12.1. The van der Waals surface area contributed by atoms with E-state index in [0.717, 1.165) is 11.1 Å². The van der Waals surface area contributed by atoms with E-state index in [2.05, 4.69) is 5.32 Å². The quantitative estimate of drug-likeness (QED) is 0.863. The van der Waals surface area contributed by atoms with Crippen LogP contribution in [0.15, 0.2) is 18.2 Å². The second-order valence-corrected chi connectivity index (χ2v) is 5.14. The van der Waals surface area contributed by atoms with Gasteiger partial charge in [-0.2, -0.15) is 0 Å². The Bertz CT molecular complexity index is 517. The molecule has 0 aliphatic carbocycles. The van der Waals surface area contributed by atoms with E-state index in [-0.39, 0.29) is 6.61 Å². The van der Waals surface area contributed by atoms with Crippen LogP contribution in [0.5, 0.6) is 0 Å². The molecule has 1 aromatic carbocycles. The number of amides is 1. The smallest absolute Gasteiger partial charge is 0.330 e. The predicted octanol–water partition coefficient (Wildman–Crippen LogP) is 0.961. The summed E-state index contributed by atoms with van der Waals surface area (Å²) < 4.78 is 10.4. The summed E-state index contributed by atoms with van der Waals surface area (Å²) in [5, 5.41) is 11.9. The highest BCUT2D eigenvalue weighted by Crippen LogP contribution is 2.18. The van der Waals surface area contributed by atoms with E-state index >= 15 is 0 Å². The van der Waals surface area contributed by atoms with Gasteiger partial charge in [-0.25, -0.2) is 4.79 Å². The van der Waals surface area contributed by atoms with Crippen LogP contribution in [0.2, 0.25) is 0 Å². The lowest BCUT2D eigenvalue weighted by atomic mass is 10.0. The first-order valence-corrected chi connectivity index (χ1v) is 6.78. The Morgan fingerprint density at radius 2 is 1.90 bits per heavy atom. The van der Waals surface area contributed by atoms with E-state index in [0.29, 0.717) is 18.8 Å². The number of hydrogen-bond acceptors (Lipinski definition) is 4. The maximum atomic E-state index is 12.1. The Morgan fingerprint density at radius 3 is 2.43 bits per heavy atom. The fourth-order valence-corrected chi connectivity index (χ4v) is 2.34. The number of aliphatic carboxylic acids is 1. The van der Waals surface area contributed by atoms with Gasteiger partial charge in [0, 0.05) is 0 Å². The standard InChI is InChI=1S/C15H19NO5/c1-9-5-10(2)7-11(6-9)13(15(18)19)16-14(17)12-8-20-3-4-21-12/h5-7,12-13H,3-4,8H2,1-2H3,(H,16,17)(H,18,19). The first kappa shape index (κ1) is 15.5. The highest BCUT2D eigenvalue weighted by atomic mass is 16.6. The molecule has 114 valence electrons. The molecule has 0 aromatic heterocycles. The van der Waals surface area contributed by atoms with Crippen molar-refractivity contribution in [3.8, 4) is 0 Å². The van der Waals surface area contributed by atoms with E-state index in [1.54, 1.807) is 12.1 Å². The third-order valence-corrected chi connectivity index (χ3v) is 3.22. The second-order valence-electron chi connectivity index (χ2n) is 5.14. The number of carboxylic acids is 1. The van der Waals surface area contributed by atoms with Gasteiger partial charge in [0.05, 0.1) is 19.8 Å². The number of hydrogen-bond donors (Lipinski definition) is 2. The molecule has 21 heavy (non-hydrogen) atoms. The first-order valence-electron chi connectivity index (χ1n) is 6.78. The minimum Gasteiger partial charge on any atom is -0.479 e. The zero-order valence-corrected chi connectivity index (χ0v) is 12.1. The normalized spacial score (nSPS) is 19.8. The van der Waals surface area contributed by atoms with Crippen LogP contribution in [0.25, 0.3) is 0 Å². The van der Waals surface area contributed by atoms with Gasteiger partial charge < -0.3 is 19.9 Å². The van der Waals surface area contributed by atoms with E-state index in [1.807, 2.05) is 19.9 Å². The van der Waals surface area contributed by atoms with Crippen molar-refractivity contribution in [2.45, 2.75) is 26.0 Å². The summed E-state index contributed by atoms with van der Waals surface area (Å²) in [6, 6.07) is 4.36. The highest BCUT2D eigenvalue weighted by Gasteiger charge is 2.28. The summed E-state index contributed by atoms with van der Waals surface area (Å²) >= 11 is 0. The fraction of sp³-hybridized carbons (Fsp3) is 0.467. The number of benzene rings is 1. The minimum atomic E-state index is -1.11. The molecule has 6 nitrogen and oxygen atoms in total. The van der Waals surface area contributed by atoms with Crippen LogP contribution in [0.3, 0.4) is 0 Å². The third-order valence-electron chi connectivity index (χ3n) is 3.22. The van der Waals surface area contributed by atoms with Crippen molar-refractivity contribution < 1.29 is 24.2 Å². The summed E-state index contributed by atoms with van der Waals surface area (Å²) in [5.74, 6) is -1.58. The maximum absolute atomic E-state index is 12.1. The van der Waals surface area contributed by atoms with Crippen LogP contribution in [0, 0.1) is 13.8 Å². The molecule has 0 radical (unpaired) electrons. The Kier molecular flexibility index (Phi) is 4.93. The van der Waals surface area contributed by atoms with Gasteiger partial charge in [-0.1, -0.05) is 29.3 Å². The molecule has 1 saturated heterocycles. The van der Waals surface area contributed by atoms with Gasteiger partial charge in [0.1, 0.15) is 0 Å². The molecule has 1 heterocycles. The molecule has 0 spiro atoms. The zero-order chi connectivity index (χ0) is 15.4. The van der Waals surface area contributed by atoms with Crippen molar-refractivity contribution in [2.24, 2.45) is 0 Å². The Balaban J connectivity index is 2.15. The third kappa shape index (κ3) is 4.03. The van der Waals surface area contributed by atoms with Crippen molar-refractivity contribution in [2.75, 3.05) is 19.8 Å². The lowest BCUT2D eigenvalue weighted by Crippen LogP contribution is -2.45. The number of aryl methyl sites for hydroxylation is 2. The molecule has 1 fully saturated rings. The molecular weight excluding hydrogens is 274 g/mol. The summed E-state index contributed by atoms with van der Waals surface area (Å²) in [7, 11) is 0.